The molecule has 1 aromatic carbocycles. The Bertz CT molecular complexity index is 1080. The van der Waals surface area contributed by atoms with Gasteiger partial charge in [-0.2, -0.15) is 0 Å². The molecule has 0 bridgehead atoms. The number of hydrogen-bond donors (Lipinski definition) is 1. The van der Waals surface area contributed by atoms with Crippen molar-refractivity contribution in [1.82, 2.24) is 19.9 Å². The summed E-state index contributed by atoms with van der Waals surface area (Å²) in [5.74, 6) is 1.94. The van der Waals surface area contributed by atoms with Crippen molar-refractivity contribution in [1.29, 1.82) is 0 Å². The van der Waals surface area contributed by atoms with Gasteiger partial charge >= 0.3 is 0 Å². The minimum absolute atomic E-state index is 0.163. The zero-order valence-electron chi connectivity index (χ0n) is 19.4. The summed E-state index contributed by atoms with van der Waals surface area (Å²) in [5, 5.41) is 3.52. The minimum atomic E-state index is 0.163. The monoisotopic (exact) mass is 448 g/mol. The largest absolute Gasteiger partial charge is 0.488 e. The van der Waals surface area contributed by atoms with Gasteiger partial charge in [0.15, 0.2) is 0 Å². The van der Waals surface area contributed by atoms with Crippen molar-refractivity contribution in [3.8, 4) is 5.75 Å². The molecule has 1 saturated heterocycles. The molecule has 1 N–H and O–H groups in total. The highest BCUT2D eigenvalue weighted by Crippen LogP contribution is 2.33. The first-order chi connectivity index (χ1) is 16.2. The fourth-order valence-corrected chi connectivity index (χ4v) is 4.57. The normalized spacial score (nSPS) is 21.4. The molecule has 1 saturated carbocycles. The van der Waals surface area contributed by atoms with Crippen molar-refractivity contribution < 1.29 is 9.47 Å². The Hall–Kier alpha value is -3.00. The first-order valence-corrected chi connectivity index (χ1v) is 12.0. The average Bonchev–Trinajstić information content (AvgIpc) is 2.86. The van der Waals surface area contributed by atoms with E-state index >= 15 is 0 Å². The van der Waals surface area contributed by atoms with E-state index in [1.54, 1.807) is 12.4 Å². The zero-order valence-corrected chi connectivity index (χ0v) is 19.4. The van der Waals surface area contributed by atoms with Crippen LogP contribution in [0.5, 0.6) is 5.75 Å². The number of hydrogen-bond acceptors (Lipinski definition) is 8. The van der Waals surface area contributed by atoms with Crippen LogP contribution in [0.15, 0.2) is 36.8 Å². The smallest absolute Gasteiger partial charge is 0.223 e. The topological polar surface area (TPSA) is 85.3 Å². The van der Waals surface area contributed by atoms with E-state index in [4.69, 9.17) is 9.47 Å². The molecule has 0 amide bonds. The number of rotatable bonds is 6. The lowest BCUT2D eigenvalue weighted by atomic mass is 9.93. The van der Waals surface area contributed by atoms with Crippen molar-refractivity contribution >= 4 is 22.7 Å². The maximum Gasteiger partial charge on any atom is 0.223 e. The number of fused-ring (bicyclic) bond motifs is 1. The van der Waals surface area contributed by atoms with Crippen LogP contribution in [-0.4, -0.2) is 58.4 Å². The molecular weight excluding hydrogens is 416 g/mol. The second-order valence-electron chi connectivity index (χ2n) is 9.16. The highest BCUT2D eigenvalue weighted by atomic mass is 16.5. The van der Waals surface area contributed by atoms with Gasteiger partial charge in [0.1, 0.15) is 11.3 Å². The molecule has 1 aliphatic heterocycles. The summed E-state index contributed by atoms with van der Waals surface area (Å²) in [4.78, 5) is 20.5. The van der Waals surface area contributed by atoms with E-state index in [2.05, 4.69) is 56.1 Å². The van der Waals surface area contributed by atoms with Crippen molar-refractivity contribution in [3.63, 3.8) is 0 Å². The molecule has 2 aliphatic rings. The number of nitrogens with zero attached hydrogens (tertiary/aromatic N) is 5. The lowest BCUT2D eigenvalue weighted by Crippen LogP contribution is -2.36. The van der Waals surface area contributed by atoms with Gasteiger partial charge in [-0.1, -0.05) is 13.8 Å². The Morgan fingerprint density at radius 1 is 1.00 bits per heavy atom. The zero-order chi connectivity index (χ0) is 22.6. The molecule has 0 atom stereocenters. The lowest BCUT2D eigenvalue weighted by Gasteiger charge is -2.31. The van der Waals surface area contributed by atoms with Crippen LogP contribution in [0.3, 0.4) is 0 Å². The molecule has 8 heteroatoms. The van der Waals surface area contributed by atoms with Crippen molar-refractivity contribution in [2.45, 2.75) is 57.6 Å². The minimum Gasteiger partial charge on any atom is -0.488 e. The van der Waals surface area contributed by atoms with Crippen LogP contribution < -0.4 is 15.0 Å². The Labute approximate surface area is 194 Å². The third kappa shape index (κ3) is 5.16. The molecule has 2 aromatic heterocycles. The first-order valence-electron chi connectivity index (χ1n) is 12.0. The average molecular weight is 449 g/mol. The van der Waals surface area contributed by atoms with E-state index in [0.29, 0.717) is 12.0 Å². The van der Waals surface area contributed by atoms with Crippen molar-refractivity contribution in [3.05, 3.63) is 42.5 Å². The van der Waals surface area contributed by atoms with Crippen molar-refractivity contribution in [2.75, 3.05) is 36.5 Å². The summed E-state index contributed by atoms with van der Waals surface area (Å²) in [5.41, 5.74) is 3.89. The molecule has 3 heterocycles. The van der Waals surface area contributed by atoms with Crippen molar-refractivity contribution in [2.24, 2.45) is 0 Å². The van der Waals surface area contributed by atoms with Gasteiger partial charge in [-0.3, -0.25) is 4.98 Å². The third-order valence-electron chi connectivity index (χ3n) is 6.47. The molecule has 2 fully saturated rings. The van der Waals surface area contributed by atoms with Gasteiger partial charge in [-0.15, -0.1) is 0 Å². The van der Waals surface area contributed by atoms with E-state index in [1.807, 2.05) is 12.3 Å². The Morgan fingerprint density at radius 2 is 1.79 bits per heavy atom. The second-order valence-corrected chi connectivity index (χ2v) is 9.16. The molecule has 5 rings (SSSR count). The molecule has 33 heavy (non-hydrogen) atoms. The van der Waals surface area contributed by atoms with Gasteiger partial charge < -0.3 is 19.7 Å². The summed E-state index contributed by atoms with van der Waals surface area (Å²) in [7, 11) is 0. The molecule has 0 spiro atoms. The lowest BCUT2D eigenvalue weighted by molar-refractivity contribution is 0.122. The SMILES string of the molecule is CC(C)c1ccnc(N[C@H]2CC[C@@H](Oc3cc(N4CCOCC4)cc4nccnc34)CC2)n1. The van der Waals surface area contributed by atoms with Gasteiger partial charge in [0, 0.05) is 55.2 Å². The molecule has 174 valence electrons. The van der Waals surface area contributed by atoms with E-state index in [1.165, 1.54) is 0 Å². The summed E-state index contributed by atoms with van der Waals surface area (Å²) in [6, 6.07) is 6.58. The van der Waals surface area contributed by atoms with Gasteiger partial charge in [-0.25, -0.2) is 15.0 Å². The second kappa shape index (κ2) is 9.87. The van der Waals surface area contributed by atoms with E-state index in [0.717, 1.165) is 86.1 Å². The van der Waals surface area contributed by atoms with Gasteiger partial charge in [0.2, 0.25) is 5.95 Å². The van der Waals surface area contributed by atoms with Crippen LogP contribution in [0.25, 0.3) is 11.0 Å². The predicted octanol–water partition coefficient (Wildman–Crippen LogP) is 4.18. The number of benzene rings is 1. The van der Waals surface area contributed by atoms with Crippen LogP contribution in [0.2, 0.25) is 0 Å². The fourth-order valence-electron chi connectivity index (χ4n) is 4.57. The molecule has 3 aromatic rings. The van der Waals surface area contributed by atoms with E-state index < -0.39 is 0 Å². The highest BCUT2D eigenvalue weighted by Gasteiger charge is 2.25. The fraction of sp³-hybridized carbons (Fsp3) is 0.520. The van der Waals surface area contributed by atoms with E-state index in [9.17, 15) is 0 Å². The maximum atomic E-state index is 6.53. The molecule has 0 unspecified atom stereocenters. The molecule has 8 nitrogen and oxygen atoms in total. The van der Waals surface area contributed by atoms with Gasteiger partial charge in [0.25, 0.3) is 0 Å². The van der Waals surface area contributed by atoms with Crippen LogP contribution in [0, 0.1) is 0 Å². The third-order valence-corrected chi connectivity index (χ3v) is 6.47. The van der Waals surface area contributed by atoms with Crippen LogP contribution in [0.1, 0.15) is 51.1 Å². The quantitative estimate of drug-likeness (QED) is 0.601. The maximum absolute atomic E-state index is 6.53. The van der Waals surface area contributed by atoms with Gasteiger partial charge in [0.05, 0.1) is 24.8 Å². The highest BCUT2D eigenvalue weighted by molar-refractivity contribution is 5.85. The number of ether oxygens (including phenoxy) is 2. The molecule has 1 aliphatic carbocycles. The Balaban J connectivity index is 1.26. The summed E-state index contributed by atoms with van der Waals surface area (Å²) >= 11 is 0. The Morgan fingerprint density at radius 3 is 2.58 bits per heavy atom. The number of nitrogens with one attached hydrogen (secondary N) is 1. The van der Waals surface area contributed by atoms with Crippen LogP contribution in [-0.2, 0) is 4.74 Å². The van der Waals surface area contributed by atoms with Gasteiger partial charge in [-0.05, 0) is 43.7 Å². The number of morpholine rings is 1. The Kier molecular flexibility index (Phi) is 6.53. The first kappa shape index (κ1) is 21.8. The summed E-state index contributed by atoms with van der Waals surface area (Å²) in [6.45, 7) is 7.54. The standard InChI is InChI=1S/C25H32N6O2/c1-17(2)21-7-8-28-25(30-21)29-18-3-5-20(6-4-18)33-23-16-19(31-11-13-32-14-12-31)15-22-24(23)27-10-9-26-22/h7-10,15-18,20H,3-6,11-14H2,1-2H3,(H,28,29,30)/t18-,20+. The molecular formula is C25H32N6O2. The van der Waals surface area contributed by atoms with E-state index in [-0.39, 0.29) is 6.10 Å². The predicted molar refractivity (Wildman–Crippen MR) is 129 cm³/mol. The van der Waals surface area contributed by atoms with Crippen LogP contribution >= 0.6 is 0 Å². The van der Waals surface area contributed by atoms with Crippen LogP contribution in [0.4, 0.5) is 11.6 Å². The number of aromatic nitrogens is 4. The summed E-state index contributed by atoms with van der Waals surface area (Å²) in [6.07, 6.45) is 9.47. The molecule has 0 radical (unpaired) electrons. The number of anilines is 2. The summed E-state index contributed by atoms with van der Waals surface area (Å²) < 4.78 is 12.0.